The lowest BCUT2D eigenvalue weighted by Crippen LogP contribution is -2.13. The maximum Gasteiger partial charge on any atom is 0.322 e. The molecule has 164 valence electrons. The van der Waals surface area contributed by atoms with E-state index < -0.39 is 0 Å². The van der Waals surface area contributed by atoms with Crippen LogP contribution >= 0.6 is 11.8 Å². The minimum atomic E-state index is -0.322. The Morgan fingerprint density at radius 2 is 1.65 bits per heavy atom. The smallest absolute Gasteiger partial charge is 0.322 e. The second-order valence-corrected chi connectivity index (χ2v) is 7.02. The summed E-state index contributed by atoms with van der Waals surface area (Å²) >= 11 is 1.49. The average Bonchev–Trinajstić information content (AvgIpc) is 3.24. The molecule has 1 amide bonds. The summed E-state index contributed by atoms with van der Waals surface area (Å²) in [4.78, 5) is 13.5. The summed E-state index contributed by atoms with van der Waals surface area (Å²) in [5.74, 6) is 1.46. The van der Waals surface area contributed by atoms with E-state index in [0.717, 1.165) is 4.90 Å². The van der Waals surface area contributed by atoms with E-state index in [-0.39, 0.29) is 17.8 Å². The third-order valence-corrected chi connectivity index (χ3v) is 4.95. The van der Waals surface area contributed by atoms with Gasteiger partial charge in [-0.25, -0.2) is 0 Å². The molecule has 1 heterocycles. The van der Waals surface area contributed by atoms with Gasteiger partial charge in [0.05, 0.1) is 25.4 Å². The van der Waals surface area contributed by atoms with E-state index in [9.17, 15) is 4.79 Å². The van der Waals surface area contributed by atoms with Crippen molar-refractivity contribution in [1.82, 2.24) is 10.2 Å². The van der Waals surface area contributed by atoms with Gasteiger partial charge in [-0.15, -0.1) is 16.9 Å². The molecular formula is C22H25N3O5S. The van der Waals surface area contributed by atoms with Gasteiger partial charge in [0.15, 0.2) is 11.5 Å². The van der Waals surface area contributed by atoms with Gasteiger partial charge in [-0.3, -0.25) is 10.1 Å². The summed E-state index contributed by atoms with van der Waals surface area (Å²) in [6, 6.07) is 10.8. The summed E-state index contributed by atoms with van der Waals surface area (Å²) in [5.41, 5.74) is 1.13. The molecule has 1 N–H and O–H groups in total. The SMILES string of the molecule is CCOc1cc(-c2nnc(NC(=O)c3ccccc3SC)o2)cc(OCC)c1OCC. The molecule has 2 aromatic carbocycles. The van der Waals surface area contributed by atoms with E-state index in [4.69, 9.17) is 18.6 Å². The molecule has 3 aromatic rings. The van der Waals surface area contributed by atoms with E-state index >= 15 is 0 Å². The molecule has 0 saturated heterocycles. The van der Waals surface area contributed by atoms with Crippen LogP contribution in [-0.2, 0) is 0 Å². The van der Waals surface area contributed by atoms with Crippen LogP contribution in [0.1, 0.15) is 31.1 Å². The standard InChI is InChI=1S/C22H25N3O5S/c1-5-27-16-12-14(13-17(28-6-2)19(16)29-7-3)21-24-25-22(30-21)23-20(26)15-10-8-9-11-18(15)31-4/h8-13H,5-7H2,1-4H3,(H,23,25,26). The third-order valence-electron chi connectivity index (χ3n) is 4.15. The lowest BCUT2D eigenvalue weighted by atomic mass is 10.2. The van der Waals surface area contributed by atoms with Crippen molar-refractivity contribution in [2.45, 2.75) is 25.7 Å². The zero-order valence-electron chi connectivity index (χ0n) is 17.9. The second-order valence-electron chi connectivity index (χ2n) is 6.17. The molecule has 0 fully saturated rings. The number of ether oxygens (including phenoxy) is 3. The Labute approximate surface area is 185 Å². The van der Waals surface area contributed by atoms with E-state index in [1.54, 1.807) is 24.3 Å². The molecule has 0 aliphatic carbocycles. The fourth-order valence-electron chi connectivity index (χ4n) is 2.90. The van der Waals surface area contributed by atoms with Gasteiger partial charge < -0.3 is 18.6 Å². The molecule has 0 bridgehead atoms. The largest absolute Gasteiger partial charge is 0.490 e. The number of benzene rings is 2. The first-order valence-electron chi connectivity index (χ1n) is 9.95. The number of thioether (sulfide) groups is 1. The van der Waals surface area contributed by atoms with Gasteiger partial charge in [-0.1, -0.05) is 17.2 Å². The number of hydrogen-bond donors (Lipinski definition) is 1. The molecule has 31 heavy (non-hydrogen) atoms. The van der Waals surface area contributed by atoms with Gasteiger partial charge in [0.25, 0.3) is 5.91 Å². The van der Waals surface area contributed by atoms with Gasteiger partial charge >= 0.3 is 6.01 Å². The summed E-state index contributed by atoms with van der Waals surface area (Å²) in [6.45, 7) is 7.03. The summed E-state index contributed by atoms with van der Waals surface area (Å²) < 4.78 is 22.9. The molecule has 0 radical (unpaired) electrons. The number of hydrogen-bond acceptors (Lipinski definition) is 8. The maximum absolute atomic E-state index is 12.6. The van der Waals surface area contributed by atoms with Crippen LogP contribution in [0.2, 0.25) is 0 Å². The van der Waals surface area contributed by atoms with Crippen molar-refractivity contribution in [3.05, 3.63) is 42.0 Å². The topological polar surface area (TPSA) is 95.7 Å². The Balaban J connectivity index is 1.89. The first-order valence-corrected chi connectivity index (χ1v) is 11.2. The number of carbonyl (C=O) groups excluding carboxylic acids is 1. The van der Waals surface area contributed by atoms with Crippen LogP contribution < -0.4 is 19.5 Å². The van der Waals surface area contributed by atoms with Crippen LogP contribution in [0, 0.1) is 0 Å². The Hall–Kier alpha value is -3.20. The van der Waals surface area contributed by atoms with E-state index in [1.165, 1.54) is 11.8 Å². The van der Waals surface area contributed by atoms with Gasteiger partial charge in [0, 0.05) is 10.5 Å². The summed E-state index contributed by atoms with van der Waals surface area (Å²) in [5, 5.41) is 10.7. The van der Waals surface area contributed by atoms with Gasteiger partial charge in [-0.2, -0.15) is 0 Å². The van der Waals surface area contributed by atoms with Crippen LogP contribution in [0.15, 0.2) is 45.7 Å². The maximum atomic E-state index is 12.6. The van der Waals surface area contributed by atoms with Gasteiger partial charge in [-0.05, 0) is 51.3 Å². The van der Waals surface area contributed by atoms with Crippen LogP contribution in [-0.4, -0.2) is 42.2 Å². The minimum Gasteiger partial charge on any atom is -0.490 e. The molecule has 3 rings (SSSR count). The molecule has 1 aromatic heterocycles. The quantitative estimate of drug-likeness (QED) is 0.442. The van der Waals surface area contributed by atoms with Crippen LogP contribution in [0.4, 0.5) is 6.01 Å². The Morgan fingerprint density at radius 3 is 2.26 bits per heavy atom. The summed E-state index contributed by atoms with van der Waals surface area (Å²) in [6.07, 6.45) is 1.91. The van der Waals surface area contributed by atoms with Crippen LogP contribution in [0.3, 0.4) is 0 Å². The molecule has 0 spiro atoms. The van der Waals surface area contributed by atoms with E-state index in [0.29, 0.717) is 48.2 Å². The highest BCUT2D eigenvalue weighted by atomic mass is 32.2. The number of nitrogens with zero attached hydrogens (tertiary/aromatic N) is 2. The molecular weight excluding hydrogens is 418 g/mol. The van der Waals surface area contributed by atoms with Crippen molar-refractivity contribution in [3.8, 4) is 28.7 Å². The van der Waals surface area contributed by atoms with Crippen molar-refractivity contribution in [3.63, 3.8) is 0 Å². The highest BCUT2D eigenvalue weighted by Gasteiger charge is 2.20. The lowest BCUT2D eigenvalue weighted by molar-refractivity contribution is 0.102. The minimum absolute atomic E-state index is 0.000658. The van der Waals surface area contributed by atoms with Crippen molar-refractivity contribution in [2.75, 3.05) is 31.4 Å². The first-order chi connectivity index (χ1) is 15.1. The average molecular weight is 444 g/mol. The summed E-state index contributed by atoms with van der Waals surface area (Å²) in [7, 11) is 0. The van der Waals surface area contributed by atoms with Crippen LogP contribution in [0.5, 0.6) is 17.2 Å². The van der Waals surface area contributed by atoms with E-state index in [1.807, 2.05) is 39.2 Å². The second kappa shape index (κ2) is 10.7. The fourth-order valence-corrected chi connectivity index (χ4v) is 3.49. The number of nitrogens with one attached hydrogen (secondary N) is 1. The first kappa shape index (κ1) is 22.5. The zero-order chi connectivity index (χ0) is 22.2. The molecule has 8 nitrogen and oxygen atoms in total. The fraction of sp³-hybridized carbons (Fsp3) is 0.318. The number of rotatable bonds is 10. The number of aromatic nitrogens is 2. The van der Waals surface area contributed by atoms with E-state index in [2.05, 4.69) is 15.5 Å². The van der Waals surface area contributed by atoms with Crippen molar-refractivity contribution >= 4 is 23.7 Å². The predicted octanol–water partition coefficient (Wildman–Crippen LogP) is 4.91. The Morgan fingerprint density at radius 1 is 1.00 bits per heavy atom. The van der Waals surface area contributed by atoms with Crippen molar-refractivity contribution in [2.24, 2.45) is 0 Å². The van der Waals surface area contributed by atoms with Gasteiger partial charge in [0.2, 0.25) is 11.6 Å². The van der Waals surface area contributed by atoms with Crippen molar-refractivity contribution < 1.29 is 23.4 Å². The zero-order valence-corrected chi connectivity index (χ0v) is 18.7. The van der Waals surface area contributed by atoms with Crippen LogP contribution in [0.25, 0.3) is 11.5 Å². The van der Waals surface area contributed by atoms with Crippen molar-refractivity contribution in [1.29, 1.82) is 0 Å². The number of anilines is 1. The molecule has 0 aliphatic rings. The highest BCUT2D eigenvalue weighted by Crippen LogP contribution is 2.41. The predicted molar refractivity (Wildman–Crippen MR) is 119 cm³/mol. The highest BCUT2D eigenvalue weighted by molar-refractivity contribution is 7.98. The Kier molecular flexibility index (Phi) is 7.77. The monoisotopic (exact) mass is 443 g/mol. The normalized spacial score (nSPS) is 10.6. The molecule has 0 unspecified atom stereocenters. The molecule has 0 aliphatic heterocycles. The molecule has 9 heteroatoms. The Bertz CT molecular complexity index is 1010. The molecule has 0 atom stereocenters. The van der Waals surface area contributed by atoms with Gasteiger partial charge in [0.1, 0.15) is 0 Å². The molecule has 0 saturated carbocycles. The lowest BCUT2D eigenvalue weighted by Gasteiger charge is -2.16. The number of carbonyl (C=O) groups is 1. The third kappa shape index (κ3) is 5.29. The number of amides is 1.